The maximum absolute atomic E-state index is 13.3. The van der Waals surface area contributed by atoms with Crippen molar-refractivity contribution in [2.24, 2.45) is 0 Å². The first-order chi connectivity index (χ1) is 17.6. The number of hydrogen-bond donors (Lipinski definition) is 0. The molecule has 0 saturated carbocycles. The Balaban J connectivity index is 1.61. The number of hydrogen-bond acceptors (Lipinski definition) is 12. The molecule has 1 aromatic heterocycles. The van der Waals surface area contributed by atoms with Crippen LogP contribution in [0.25, 0.3) is 5.69 Å². The monoisotopic (exact) mass is 531 g/mol. The second kappa shape index (κ2) is 10.4. The number of ether oxygens (including phenoxy) is 3. The van der Waals surface area contributed by atoms with Gasteiger partial charge in [-0.1, -0.05) is 23.3 Å². The van der Waals surface area contributed by atoms with E-state index in [1.54, 1.807) is 37.3 Å². The average Bonchev–Trinajstić information content (AvgIpc) is 3.46. The molecule has 2 heterocycles. The minimum Gasteiger partial charge on any atom is -0.456 e. The third-order valence-electron chi connectivity index (χ3n) is 5.50. The van der Waals surface area contributed by atoms with E-state index in [1.807, 2.05) is 0 Å². The highest BCUT2D eigenvalue weighted by Crippen LogP contribution is 2.30. The number of nitrogens with zero attached hydrogens (tertiary/aromatic N) is 5. The molecule has 0 amide bonds. The largest absolute Gasteiger partial charge is 0.456 e. The molecule has 15 heteroatoms. The molecule has 0 N–H and O–H groups in total. The van der Waals surface area contributed by atoms with Crippen LogP contribution in [-0.2, 0) is 28.8 Å². The van der Waals surface area contributed by atoms with Crippen LogP contribution in [0.5, 0.6) is 0 Å². The van der Waals surface area contributed by atoms with Gasteiger partial charge in [0.05, 0.1) is 28.0 Å². The number of para-hydroxylation sites is 1. The molecule has 0 spiro atoms. The van der Waals surface area contributed by atoms with Crippen molar-refractivity contribution in [1.29, 1.82) is 0 Å². The smallest absolute Gasteiger partial charge is 0.338 e. The minimum absolute atomic E-state index is 0.0265. The van der Waals surface area contributed by atoms with Crippen LogP contribution in [0.15, 0.2) is 59.8 Å². The second-order valence-electron chi connectivity index (χ2n) is 8.12. The van der Waals surface area contributed by atoms with Gasteiger partial charge in [-0.3, -0.25) is 14.9 Å². The van der Waals surface area contributed by atoms with E-state index in [9.17, 15) is 28.1 Å². The standard InChI is InChI=1S/C22H21N5O9S/c1-13-19(35-14(2)28)20(36-21(29)15-8-10-17(11-9-15)27(30)31)18(34-13)12-37(32,33)22-23-24-25-26(22)16-6-4-3-5-7-16/h3-11,13,18-20H,12H2,1-2H3/t13-,18+,19-,20+/m0/s1. The first-order valence-electron chi connectivity index (χ1n) is 10.9. The van der Waals surface area contributed by atoms with E-state index in [1.165, 1.54) is 12.1 Å². The van der Waals surface area contributed by atoms with Crippen molar-refractivity contribution in [3.8, 4) is 5.69 Å². The normalized spacial score (nSPS) is 21.4. The van der Waals surface area contributed by atoms with E-state index < -0.39 is 62.0 Å². The number of nitro groups is 1. The van der Waals surface area contributed by atoms with Gasteiger partial charge in [0.1, 0.15) is 6.10 Å². The number of non-ortho nitro benzene ring substituents is 1. The number of tetrazole rings is 1. The highest BCUT2D eigenvalue weighted by atomic mass is 32.2. The summed E-state index contributed by atoms with van der Waals surface area (Å²) in [5.41, 5.74) is 0.152. The lowest BCUT2D eigenvalue weighted by Gasteiger charge is -2.23. The van der Waals surface area contributed by atoms with E-state index in [-0.39, 0.29) is 11.3 Å². The summed E-state index contributed by atoms with van der Waals surface area (Å²) in [6.45, 7) is 2.70. The first-order valence-corrected chi connectivity index (χ1v) is 12.6. The zero-order valence-electron chi connectivity index (χ0n) is 19.5. The maximum atomic E-state index is 13.3. The topological polar surface area (TPSA) is 183 Å². The van der Waals surface area contributed by atoms with Crippen LogP contribution in [0.3, 0.4) is 0 Å². The third kappa shape index (κ3) is 5.62. The van der Waals surface area contributed by atoms with Crippen LogP contribution in [0.4, 0.5) is 5.69 Å². The van der Waals surface area contributed by atoms with Crippen LogP contribution in [0.1, 0.15) is 24.2 Å². The number of carbonyl (C=O) groups excluding carboxylic acids is 2. The molecule has 1 saturated heterocycles. The number of sulfone groups is 1. The van der Waals surface area contributed by atoms with Crippen LogP contribution < -0.4 is 0 Å². The summed E-state index contributed by atoms with van der Waals surface area (Å²) in [5.74, 6) is -2.29. The summed E-state index contributed by atoms with van der Waals surface area (Å²) in [7, 11) is -4.21. The lowest BCUT2D eigenvalue weighted by Crippen LogP contribution is -2.42. The highest BCUT2D eigenvalue weighted by Gasteiger charge is 2.49. The molecule has 0 aliphatic carbocycles. The van der Waals surface area contributed by atoms with Crippen molar-refractivity contribution in [3.05, 3.63) is 70.3 Å². The Labute approximate surface area is 210 Å². The number of benzene rings is 2. The Morgan fingerprint density at radius 2 is 1.76 bits per heavy atom. The molecule has 1 aliphatic rings. The average molecular weight is 532 g/mol. The molecule has 2 aromatic carbocycles. The second-order valence-corrected chi connectivity index (χ2v) is 10.0. The summed E-state index contributed by atoms with van der Waals surface area (Å²) in [6, 6.07) is 13.0. The number of nitro benzene ring substituents is 1. The molecule has 0 unspecified atom stereocenters. The van der Waals surface area contributed by atoms with Gasteiger partial charge in [-0.15, -0.1) is 0 Å². The Morgan fingerprint density at radius 3 is 2.38 bits per heavy atom. The van der Waals surface area contributed by atoms with Gasteiger partial charge in [-0.25, -0.2) is 13.2 Å². The zero-order chi connectivity index (χ0) is 26.7. The lowest BCUT2D eigenvalue weighted by atomic mass is 10.1. The number of carbonyl (C=O) groups is 2. The minimum atomic E-state index is -4.21. The van der Waals surface area contributed by atoms with E-state index in [0.29, 0.717) is 5.69 Å². The third-order valence-corrected chi connectivity index (χ3v) is 7.08. The SMILES string of the molecule is CC(=O)O[C@@H]1[C@H](OC(=O)c2ccc([N+](=O)[O-])cc2)[C@@H](CS(=O)(=O)c2nnnn2-c2ccccc2)O[C@H]1C. The van der Waals surface area contributed by atoms with Gasteiger partial charge in [-0.05, 0) is 41.6 Å². The molecule has 37 heavy (non-hydrogen) atoms. The molecule has 194 valence electrons. The van der Waals surface area contributed by atoms with Gasteiger partial charge in [0.15, 0.2) is 12.2 Å². The van der Waals surface area contributed by atoms with Gasteiger partial charge >= 0.3 is 11.9 Å². The molecule has 1 fully saturated rings. The summed E-state index contributed by atoms with van der Waals surface area (Å²) >= 11 is 0. The van der Waals surface area contributed by atoms with Crippen LogP contribution in [-0.4, -0.2) is 75.7 Å². The summed E-state index contributed by atoms with van der Waals surface area (Å²) in [6.07, 6.45) is -4.47. The quantitative estimate of drug-likeness (QED) is 0.231. The van der Waals surface area contributed by atoms with Crippen molar-refractivity contribution in [2.45, 2.75) is 43.4 Å². The van der Waals surface area contributed by atoms with Crippen molar-refractivity contribution >= 4 is 27.5 Å². The van der Waals surface area contributed by atoms with Gasteiger partial charge in [0.25, 0.3) is 10.8 Å². The number of rotatable bonds is 8. The van der Waals surface area contributed by atoms with Crippen molar-refractivity contribution in [3.63, 3.8) is 0 Å². The fraction of sp³-hybridized carbons (Fsp3) is 0.318. The summed E-state index contributed by atoms with van der Waals surface area (Å²) < 4.78 is 44.3. The highest BCUT2D eigenvalue weighted by molar-refractivity contribution is 7.91. The van der Waals surface area contributed by atoms with Gasteiger partial charge in [0, 0.05) is 19.1 Å². The summed E-state index contributed by atoms with van der Waals surface area (Å²) in [4.78, 5) is 34.8. The van der Waals surface area contributed by atoms with Crippen LogP contribution in [0.2, 0.25) is 0 Å². The van der Waals surface area contributed by atoms with Crippen LogP contribution >= 0.6 is 0 Å². The molecular weight excluding hydrogens is 510 g/mol. The molecule has 14 nitrogen and oxygen atoms in total. The van der Waals surface area contributed by atoms with Crippen molar-refractivity contribution < 1.29 is 37.1 Å². The molecule has 3 aromatic rings. The summed E-state index contributed by atoms with van der Waals surface area (Å²) in [5, 5.41) is 21.3. The van der Waals surface area contributed by atoms with Crippen LogP contribution in [0, 0.1) is 10.1 Å². The van der Waals surface area contributed by atoms with E-state index in [0.717, 1.165) is 23.7 Å². The Kier molecular flexibility index (Phi) is 7.26. The molecule has 1 aliphatic heterocycles. The van der Waals surface area contributed by atoms with Crippen molar-refractivity contribution in [2.75, 3.05) is 5.75 Å². The number of aromatic nitrogens is 4. The molecule has 0 radical (unpaired) electrons. The predicted molar refractivity (Wildman–Crippen MR) is 123 cm³/mol. The molecule has 0 bridgehead atoms. The fourth-order valence-corrected chi connectivity index (χ4v) is 5.26. The maximum Gasteiger partial charge on any atom is 0.338 e. The Hall–Kier alpha value is -4.24. The van der Waals surface area contributed by atoms with Crippen molar-refractivity contribution in [1.82, 2.24) is 20.2 Å². The Morgan fingerprint density at radius 1 is 1.08 bits per heavy atom. The van der Waals surface area contributed by atoms with Gasteiger partial charge < -0.3 is 14.2 Å². The number of esters is 2. The molecular formula is C22H21N5O9S. The van der Waals surface area contributed by atoms with Gasteiger partial charge in [0.2, 0.25) is 9.84 Å². The Bertz CT molecular complexity index is 1410. The van der Waals surface area contributed by atoms with E-state index in [2.05, 4.69) is 15.5 Å². The molecule has 4 atom stereocenters. The van der Waals surface area contributed by atoms with E-state index >= 15 is 0 Å². The fourth-order valence-electron chi connectivity index (χ4n) is 3.85. The van der Waals surface area contributed by atoms with E-state index in [4.69, 9.17) is 14.2 Å². The zero-order valence-corrected chi connectivity index (χ0v) is 20.3. The first kappa shape index (κ1) is 25.8. The predicted octanol–water partition coefficient (Wildman–Crippen LogP) is 1.29. The van der Waals surface area contributed by atoms with Gasteiger partial charge in [-0.2, -0.15) is 4.68 Å². The molecule has 4 rings (SSSR count). The lowest BCUT2D eigenvalue weighted by molar-refractivity contribution is -0.384.